The van der Waals surface area contributed by atoms with Gasteiger partial charge in [-0.1, -0.05) is 0 Å². The molecule has 0 aromatic carbocycles. The standard InChI is InChI=1S/C10H18N2O2/c13-7-9-2-1-5-12(9)10(14)6-11-8-3-4-8/h8-9,11,13H,1-7H2/t9-/m1/s1. The van der Waals surface area contributed by atoms with Crippen molar-refractivity contribution in [1.82, 2.24) is 10.2 Å². The van der Waals surface area contributed by atoms with Crippen molar-refractivity contribution in [2.24, 2.45) is 0 Å². The molecule has 2 rings (SSSR count). The average molecular weight is 198 g/mol. The summed E-state index contributed by atoms with van der Waals surface area (Å²) in [6, 6.07) is 0.651. The van der Waals surface area contributed by atoms with Crippen molar-refractivity contribution < 1.29 is 9.90 Å². The largest absolute Gasteiger partial charge is 0.394 e. The van der Waals surface area contributed by atoms with Crippen LogP contribution in [0.15, 0.2) is 0 Å². The Morgan fingerprint density at radius 3 is 2.86 bits per heavy atom. The molecule has 1 heterocycles. The van der Waals surface area contributed by atoms with Crippen molar-refractivity contribution in [3.8, 4) is 0 Å². The van der Waals surface area contributed by atoms with Gasteiger partial charge in [0.15, 0.2) is 0 Å². The summed E-state index contributed by atoms with van der Waals surface area (Å²) < 4.78 is 0. The lowest BCUT2D eigenvalue weighted by Crippen LogP contribution is -2.42. The SMILES string of the molecule is O=C(CNC1CC1)N1CCC[C@@H]1CO. The molecule has 0 aromatic rings. The number of nitrogens with one attached hydrogen (secondary N) is 1. The summed E-state index contributed by atoms with van der Waals surface area (Å²) in [4.78, 5) is 13.5. The maximum Gasteiger partial charge on any atom is 0.236 e. The van der Waals surface area contributed by atoms with E-state index < -0.39 is 0 Å². The lowest BCUT2D eigenvalue weighted by Gasteiger charge is -2.23. The molecule has 1 aliphatic carbocycles. The van der Waals surface area contributed by atoms with Gasteiger partial charge in [-0.2, -0.15) is 0 Å². The summed E-state index contributed by atoms with van der Waals surface area (Å²) in [5, 5.41) is 12.3. The molecule has 2 fully saturated rings. The maximum absolute atomic E-state index is 11.7. The third-order valence-electron chi connectivity index (χ3n) is 3.03. The van der Waals surface area contributed by atoms with E-state index in [-0.39, 0.29) is 18.6 Å². The molecule has 1 atom stereocenters. The van der Waals surface area contributed by atoms with Crippen molar-refractivity contribution in [2.75, 3.05) is 19.7 Å². The highest BCUT2D eigenvalue weighted by atomic mass is 16.3. The van der Waals surface area contributed by atoms with Crippen LogP contribution in [0.25, 0.3) is 0 Å². The lowest BCUT2D eigenvalue weighted by molar-refractivity contribution is -0.131. The molecule has 2 N–H and O–H groups in total. The number of carbonyl (C=O) groups is 1. The monoisotopic (exact) mass is 198 g/mol. The van der Waals surface area contributed by atoms with E-state index in [4.69, 9.17) is 5.11 Å². The fourth-order valence-electron chi connectivity index (χ4n) is 1.97. The van der Waals surface area contributed by atoms with Gasteiger partial charge in [0.05, 0.1) is 19.2 Å². The van der Waals surface area contributed by atoms with Crippen LogP contribution in [0.2, 0.25) is 0 Å². The number of rotatable bonds is 4. The molecule has 1 saturated carbocycles. The quantitative estimate of drug-likeness (QED) is 0.653. The fraction of sp³-hybridized carbons (Fsp3) is 0.900. The van der Waals surface area contributed by atoms with Crippen molar-refractivity contribution in [2.45, 2.75) is 37.8 Å². The number of aliphatic hydroxyl groups is 1. The van der Waals surface area contributed by atoms with Crippen LogP contribution in [-0.4, -0.2) is 47.7 Å². The fourth-order valence-corrected chi connectivity index (χ4v) is 1.97. The first-order valence-electron chi connectivity index (χ1n) is 5.45. The first kappa shape index (κ1) is 9.93. The first-order valence-corrected chi connectivity index (χ1v) is 5.45. The maximum atomic E-state index is 11.7. The normalized spacial score (nSPS) is 26.9. The van der Waals surface area contributed by atoms with E-state index in [9.17, 15) is 4.79 Å². The Morgan fingerprint density at radius 2 is 2.21 bits per heavy atom. The Kier molecular flexibility index (Phi) is 3.03. The Balaban J connectivity index is 1.76. The van der Waals surface area contributed by atoms with Crippen molar-refractivity contribution >= 4 is 5.91 Å². The van der Waals surface area contributed by atoms with Gasteiger partial charge in [-0.05, 0) is 25.7 Å². The summed E-state index contributed by atoms with van der Waals surface area (Å²) in [6.07, 6.45) is 4.39. The molecule has 0 unspecified atom stereocenters. The van der Waals surface area contributed by atoms with E-state index in [1.54, 1.807) is 0 Å². The predicted molar refractivity (Wildman–Crippen MR) is 52.8 cm³/mol. The van der Waals surface area contributed by atoms with Crippen LogP contribution in [0.3, 0.4) is 0 Å². The first-order chi connectivity index (χ1) is 6.81. The molecule has 0 aromatic heterocycles. The van der Waals surface area contributed by atoms with Gasteiger partial charge in [0.2, 0.25) is 5.91 Å². The van der Waals surface area contributed by atoms with Gasteiger partial charge in [-0.3, -0.25) is 4.79 Å². The van der Waals surface area contributed by atoms with E-state index in [2.05, 4.69) is 5.32 Å². The predicted octanol–water partition coefficient (Wildman–Crippen LogP) is -0.278. The van der Waals surface area contributed by atoms with Gasteiger partial charge in [-0.25, -0.2) is 0 Å². The van der Waals surface area contributed by atoms with Crippen molar-refractivity contribution in [1.29, 1.82) is 0 Å². The van der Waals surface area contributed by atoms with Crippen molar-refractivity contribution in [3.63, 3.8) is 0 Å². The molecule has 0 spiro atoms. The highest BCUT2D eigenvalue weighted by Gasteiger charge is 2.29. The van der Waals surface area contributed by atoms with Crippen molar-refractivity contribution in [3.05, 3.63) is 0 Å². The van der Waals surface area contributed by atoms with E-state index in [0.717, 1.165) is 19.4 Å². The number of aliphatic hydroxyl groups excluding tert-OH is 1. The lowest BCUT2D eigenvalue weighted by atomic mass is 10.2. The summed E-state index contributed by atoms with van der Waals surface area (Å²) in [7, 11) is 0. The van der Waals surface area contributed by atoms with E-state index in [1.165, 1.54) is 12.8 Å². The second kappa shape index (κ2) is 4.28. The molecule has 2 aliphatic rings. The summed E-state index contributed by atoms with van der Waals surface area (Å²) in [5.41, 5.74) is 0. The third kappa shape index (κ3) is 2.25. The molecule has 80 valence electrons. The Labute approximate surface area is 84.3 Å². The van der Waals surface area contributed by atoms with E-state index in [0.29, 0.717) is 12.6 Å². The molecule has 0 radical (unpaired) electrons. The molecule has 4 nitrogen and oxygen atoms in total. The van der Waals surface area contributed by atoms with Crippen LogP contribution in [0.4, 0.5) is 0 Å². The number of likely N-dealkylation sites (tertiary alicyclic amines) is 1. The van der Waals surface area contributed by atoms with Gasteiger partial charge in [0.1, 0.15) is 0 Å². The van der Waals surface area contributed by atoms with Crippen LogP contribution in [0, 0.1) is 0 Å². The smallest absolute Gasteiger partial charge is 0.236 e. The number of nitrogens with zero attached hydrogens (tertiary/aromatic N) is 1. The zero-order valence-corrected chi connectivity index (χ0v) is 8.41. The van der Waals surface area contributed by atoms with E-state index in [1.807, 2.05) is 4.90 Å². The van der Waals surface area contributed by atoms with Crippen LogP contribution >= 0.6 is 0 Å². The summed E-state index contributed by atoms with van der Waals surface area (Å²) >= 11 is 0. The van der Waals surface area contributed by atoms with Crippen LogP contribution < -0.4 is 5.32 Å². The zero-order valence-electron chi connectivity index (χ0n) is 8.41. The number of hydrogen-bond acceptors (Lipinski definition) is 3. The second-order valence-corrected chi connectivity index (χ2v) is 4.22. The topological polar surface area (TPSA) is 52.6 Å². The third-order valence-corrected chi connectivity index (χ3v) is 3.03. The molecular weight excluding hydrogens is 180 g/mol. The molecule has 1 amide bonds. The Hall–Kier alpha value is -0.610. The minimum Gasteiger partial charge on any atom is -0.394 e. The minimum absolute atomic E-state index is 0.0727. The number of hydrogen-bond donors (Lipinski definition) is 2. The molecule has 0 bridgehead atoms. The molecule has 14 heavy (non-hydrogen) atoms. The summed E-state index contributed by atoms with van der Waals surface area (Å²) in [5.74, 6) is 0.147. The van der Waals surface area contributed by atoms with Gasteiger partial charge in [0, 0.05) is 12.6 Å². The number of carbonyl (C=O) groups excluding carboxylic acids is 1. The van der Waals surface area contributed by atoms with Crippen LogP contribution in [0.5, 0.6) is 0 Å². The molecule has 1 saturated heterocycles. The van der Waals surface area contributed by atoms with Crippen LogP contribution in [-0.2, 0) is 4.79 Å². The van der Waals surface area contributed by atoms with Gasteiger partial charge in [-0.15, -0.1) is 0 Å². The second-order valence-electron chi connectivity index (χ2n) is 4.22. The molecule has 1 aliphatic heterocycles. The molecule has 4 heteroatoms. The minimum atomic E-state index is 0.0727. The highest BCUT2D eigenvalue weighted by molar-refractivity contribution is 5.79. The summed E-state index contributed by atoms with van der Waals surface area (Å²) in [6.45, 7) is 1.37. The zero-order chi connectivity index (χ0) is 9.97. The highest BCUT2D eigenvalue weighted by Crippen LogP contribution is 2.19. The Bertz CT molecular complexity index is 216. The number of amides is 1. The van der Waals surface area contributed by atoms with Gasteiger partial charge < -0.3 is 15.3 Å². The molecular formula is C10H18N2O2. The van der Waals surface area contributed by atoms with Gasteiger partial charge >= 0.3 is 0 Å². The van der Waals surface area contributed by atoms with Crippen LogP contribution in [0.1, 0.15) is 25.7 Å². The Morgan fingerprint density at radius 1 is 1.43 bits per heavy atom. The average Bonchev–Trinajstić information content (AvgIpc) is 2.90. The van der Waals surface area contributed by atoms with Gasteiger partial charge in [0.25, 0.3) is 0 Å². The van der Waals surface area contributed by atoms with E-state index >= 15 is 0 Å².